The number of fused-ring (bicyclic) bond motifs is 3. The van der Waals surface area contributed by atoms with Crippen molar-refractivity contribution in [3.63, 3.8) is 0 Å². The number of ether oxygens (including phenoxy) is 2. The molecule has 0 aliphatic carbocycles. The molecule has 608 valence electrons. The van der Waals surface area contributed by atoms with Crippen LogP contribution in [0.2, 0.25) is 15.1 Å². The molecular weight excluding hydrogens is 1820 g/mol. The van der Waals surface area contributed by atoms with Crippen LogP contribution in [0.15, 0.2) is 260 Å². The number of carboxylic acids is 1. The first kappa shape index (κ1) is 100. The Balaban J connectivity index is 0.000000322. The topological polar surface area (TPSA) is 307 Å². The van der Waals surface area contributed by atoms with Crippen molar-refractivity contribution in [1.29, 1.82) is 0 Å². The molecule has 3 aromatic heterocycles. The Morgan fingerprint density at radius 2 is 0.812 bits per heavy atom. The van der Waals surface area contributed by atoms with Crippen LogP contribution < -0.4 is 40.5 Å². The van der Waals surface area contributed by atoms with Gasteiger partial charge in [0.1, 0.15) is 13.1 Å². The van der Waals surface area contributed by atoms with Crippen molar-refractivity contribution >= 4 is 214 Å². The second-order valence-electron chi connectivity index (χ2n) is 23.8. The number of nitrogens with two attached hydrogens (primary N) is 1. The minimum atomic E-state index is -1.03. The van der Waals surface area contributed by atoms with Gasteiger partial charge in [-0.05, 0) is 190 Å². The molecule has 0 bridgehead atoms. The van der Waals surface area contributed by atoms with Crippen LogP contribution in [-0.2, 0) is 41.7 Å². The maximum Gasteiger partial charge on any atom is 1.00 e. The van der Waals surface area contributed by atoms with Crippen LogP contribution in [0.5, 0.6) is 0 Å². The van der Waals surface area contributed by atoms with Gasteiger partial charge in [-0.3, -0.25) is 19.2 Å². The molecule has 0 aliphatic rings. The quantitative estimate of drug-likeness (QED) is 0.0136. The number of amides is 3. The van der Waals surface area contributed by atoms with E-state index in [0.29, 0.717) is 72.3 Å². The second kappa shape index (κ2) is 49.9. The molecule has 0 unspecified atom stereocenters. The smallest absolute Gasteiger partial charge is 0.870 e. The fraction of sp³-hybridized carbons (Fsp3) is 0.141. The van der Waals surface area contributed by atoms with E-state index in [2.05, 4.69) is 68.7 Å². The largest absolute Gasteiger partial charge is 1.00 e. The third kappa shape index (κ3) is 28.8. The molecule has 10 N–H and O–H groups in total. The number of hydrogen-bond donors (Lipinski definition) is 6. The number of alkyl halides is 2. The summed E-state index contributed by atoms with van der Waals surface area (Å²) >= 11 is 30.8. The second-order valence-corrected chi connectivity index (χ2v) is 30.3. The van der Waals surface area contributed by atoms with Crippen LogP contribution in [-0.4, -0.2) is 94.4 Å². The number of aromatic amines is 1. The van der Waals surface area contributed by atoms with E-state index in [1.807, 2.05) is 123 Å². The number of halogens is 9. The summed E-state index contributed by atoms with van der Waals surface area (Å²) in [5.74, 6) is -4.05. The van der Waals surface area contributed by atoms with Crippen LogP contribution in [0.3, 0.4) is 0 Å². The molecule has 13 rings (SSSR count). The molecule has 13 aromatic rings. The van der Waals surface area contributed by atoms with Crippen molar-refractivity contribution in [3.05, 3.63) is 297 Å². The van der Waals surface area contributed by atoms with Gasteiger partial charge < -0.3 is 61.3 Å². The number of anilines is 4. The number of aromatic nitrogens is 3. The number of nitrogens with one attached hydrogen (secondary N) is 4. The van der Waals surface area contributed by atoms with Crippen molar-refractivity contribution < 1.29 is 91.1 Å². The first-order chi connectivity index (χ1) is 54.2. The Bertz CT molecular complexity index is 5540. The fourth-order valence-corrected chi connectivity index (χ4v) is 14.6. The van der Waals surface area contributed by atoms with Crippen molar-refractivity contribution in [2.45, 2.75) is 84.5 Å². The van der Waals surface area contributed by atoms with Crippen LogP contribution in [0.1, 0.15) is 69.4 Å². The average molecular weight is 1900 g/mol. The van der Waals surface area contributed by atoms with Gasteiger partial charge in [0.05, 0.1) is 72.2 Å². The summed E-state index contributed by atoms with van der Waals surface area (Å²) in [7, 11) is 0. The van der Waals surface area contributed by atoms with Crippen LogP contribution in [0.4, 0.5) is 35.9 Å². The molecule has 0 atom stereocenters. The molecule has 0 saturated heterocycles. The van der Waals surface area contributed by atoms with Gasteiger partial charge in [-0.25, -0.2) is 27.6 Å². The van der Waals surface area contributed by atoms with Crippen LogP contribution >= 0.6 is 118 Å². The van der Waals surface area contributed by atoms with Gasteiger partial charge in [0, 0.05) is 85.4 Å². The predicted molar refractivity (Wildman–Crippen MR) is 472 cm³/mol. The molecule has 0 saturated carbocycles. The van der Waals surface area contributed by atoms with E-state index in [0.717, 1.165) is 46.9 Å². The zero-order chi connectivity index (χ0) is 81.8. The molecular formula is C85H79Br3Cl3F3LiN7O12S3. The molecule has 10 aromatic carbocycles. The molecule has 0 fully saturated rings. The first-order valence-corrected chi connectivity index (χ1v) is 40.8. The van der Waals surface area contributed by atoms with Crippen molar-refractivity contribution in [2.75, 3.05) is 45.6 Å². The zero-order valence-electron chi connectivity index (χ0n) is 62.8. The molecule has 3 amide bonds. The number of nitrogens with zero attached hydrogens (tertiary/aromatic N) is 2. The predicted octanol–water partition coefficient (Wildman–Crippen LogP) is 19.8. The number of carbonyl (C=O) groups excluding carboxylic acids is 6. The van der Waals surface area contributed by atoms with E-state index in [9.17, 15) is 43.1 Å². The summed E-state index contributed by atoms with van der Waals surface area (Å²) in [6, 6.07) is 67.5. The minimum Gasteiger partial charge on any atom is -0.870 e. The number of carbonyl (C=O) groups is 7. The van der Waals surface area contributed by atoms with Crippen molar-refractivity contribution in [3.8, 4) is 0 Å². The molecule has 32 heteroatoms. The summed E-state index contributed by atoms with van der Waals surface area (Å²) in [5, 5.41) is 20.4. The number of nitrogen functional groups attached to an aromatic ring is 1. The third-order valence-electron chi connectivity index (χ3n) is 15.9. The summed E-state index contributed by atoms with van der Waals surface area (Å²) in [5.41, 5.74) is 12.5. The number of hydrogen-bond acceptors (Lipinski definition) is 14. The Hall–Kier alpha value is -9.22. The number of rotatable bonds is 20. The fourth-order valence-electron chi connectivity index (χ4n) is 10.8. The number of carboxylic acid groups (broad SMARTS) is 1. The maximum atomic E-state index is 15.2. The van der Waals surface area contributed by atoms with E-state index >= 15 is 8.78 Å². The monoisotopic (exact) mass is 1890 g/mol. The number of aryl methyl sites for hydroxylation is 1. The SMILES string of the molecule is C.CCOC(=O)c1cccc(Sc2c(C)[nH]c3c(F)c(Cl)ccc23)c1.CCOC(=O)c1cccc(Sc2c(C)n(CC(=O)Nc3ccccc3)c3c(F)c(Cl)ccc23)c1.Cc1c(Sc2cccc(C(=O)O)c2)c2ccc(Cl)c(F)c2n1CC(=O)Nc1ccccc1.Nc1ccccc1.O.O=C(Br)CBr.O=C(CBr)Nc1ccccc1.[Li+].[OH-]. The van der Waals surface area contributed by atoms with E-state index in [1.54, 1.807) is 133 Å². The molecule has 3 heterocycles. The zero-order valence-corrected chi connectivity index (χ0v) is 72.3. The molecule has 19 nitrogen and oxygen atoms in total. The number of aromatic carboxylic acids is 1. The van der Waals surface area contributed by atoms with Gasteiger partial charge in [0.25, 0.3) is 0 Å². The standard InChI is InChI=1S/C26H22ClFN2O3S.C24H18ClFN2O3S.C18H15ClFNO2S.C8H8BrNO.C6H7N.C2H2Br2O.CH4.Li.2H2O/c1-3-33-26(32)17-8-7-11-19(14-17)34-25-16(2)30(24-20(25)12-13-21(27)23(24)28)15-22(31)29-18-9-5-4-6-10-18;1-14-23(32-17-9-5-6-15(12-17)24(30)31)18-10-11-19(25)21(26)22(18)28(14)13-20(29)27-16-7-3-2-4-8-16;1-3-23-18(22)11-5-4-6-12(9-11)24-17-10(2)21-16-13(17)7-8-14(19)15(16)20;9-6-8(11)10-7-4-2-1-3-5-7;7-6-4-2-1-3-5-6;3-1-2(4)5;;;;/h4-14H,3,15H2,1-2H3,(H,29,31);2-12H,13H2,1H3,(H,27,29)(H,30,31);4-9,21H,3H2,1-2H3;1-5H,6H2,(H,10,11);1-5H,7H2;1H2;1H4;;2*1H2/q;;;;;;;+1;;/p-1. The average Bonchev–Trinajstić information content (AvgIpc) is 1.61. The van der Waals surface area contributed by atoms with E-state index in [-0.39, 0.29) is 117 Å². The molecule has 0 radical (unpaired) electrons. The number of benzene rings is 10. The van der Waals surface area contributed by atoms with Gasteiger partial charge in [0.15, 0.2) is 17.5 Å². The van der Waals surface area contributed by atoms with Crippen LogP contribution in [0, 0.1) is 38.2 Å². The molecule has 0 spiro atoms. The Morgan fingerprint density at radius 1 is 0.479 bits per heavy atom. The maximum absolute atomic E-state index is 15.2. The van der Waals surface area contributed by atoms with Gasteiger partial charge >= 0.3 is 36.8 Å². The van der Waals surface area contributed by atoms with E-state index in [4.69, 9.17) is 50.0 Å². The third-order valence-corrected chi connectivity index (χ3v) is 22.4. The Morgan fingerprint density at radius 3 is 1.15 bits per heavy atom. The number of esters is 2. The normalized spacial score (nSPS) is 10.1. The summed E-state index contributed by atoms with van der Waals surface area (Å²) in [6.45, 7) is 9.46. The van der Waals surface area contributed by atoms with Gasteiger partial charge in [-0.2, -0.15) is 0 Å². The van der Waals surface area contributed by atoms with Gasteiger partial charge in [-0.15, -0.1) is 0 Å². The van der Waals surface area contributed by atoms with E-state index in [1.165, 1.54) is 53.5 Å². The van der Waals surface area contributed by atoms with Crippen molar-refractivity contribution in [2.24, 2.45) is 0 Å². The minimum absolute atomic E-state index is 0. The Labute approximate surface area is 739 Å². The molecule has 0 aliphatic heterocycles. The first-order valence-electron chi connectivity index (χ1n) is 34.2. The summed E-state index contributed by atoms with van der Waals surface area (Å²) < 4.78 is 57.7. The summed E-state index contributed by atoms with van der Waals surface area (Å²) in [4.78, 5) is 89.1. The number of H-pyrrole nitrogens is 1. The van der Waals surface area contributed by atoms with Crippen molar-refractivity contribution in [1.82, 2.24) is 14.1 Å². The summed E-state index contributed by atoms with van der Waals surface area (Å²) in [6.07, 6.45) is 0. The number of para-hydroxylation sites is 4. The van der Waals surface area contributed by atoms with E-state index < -0.39 is 29.4 Å². The van der Waals surface area contributed by atoms with Gasteiger partial charge in [0.2, 0.25) is 22.4 Å². The molecule has 117 heavy (non-hydrogen) atoms. The van der Waals surface area contributed by atoms with Crippen LogP contribution in [0.25, 0.3) is 32.7 Å². The Kier molecular flexibility index (Phi) is 42.7. The van der Waals surface area contributed by atoms with Gasteiger partial charge in [-0.1, -0.05) is 200 Å².